The summed E-state index contributed by atoms with van der Waals surface area (Å²) < 4.78 is 11.2. The van der Waals surface area contributed by atoms with Gasteiger partial charge in [-0.15, -0.1) is 0 Å². The summed E-state index contributed by atoms with van der Waals surface area (Å²) in [5, 5.41) is 3.41. The van der Waals surface area contributed by atoms with Crippen LogP contribution in [0.5, 0.6) is 11.5 Å². The molecule has 2 rings (SSSR count). The molecule has 4 nitrogen and oxygen atoms in total. The van der Waals surface area contributed by atoms with E-state index in [0.29, 0.717) is 23.1 Å². The Labute approximate surface area is 166 Å². The van der Waals surface area contributed by atoms with E-state index in [1.807, 2.05) is 18.2 Å². The van der Waals surface area contributed by atoms with Crippen molar-refractivity contribution in [3.63, 3.8) is 0 Å². The number of nitrogens with one attached hydrogen (secondary N) is 1. The van der Waals surface area contributed by atoms with Gasteiger partial charge in [0.1, 0.15) is 0 Å². The summed E-state index contributed by atoms with van der Waals surface area (Å²) in [4.78, 5) is 12.0. The molecule has 0 aliphatic heterocycles. The molecule has 0 aliphatic rings. The lowest BCUT2D eigenvalue weighted by atomic mass is 10.2. The molecule has 5 heteroatoms. The van der Waals surface area contributed by atoms with Crippen LogP contribution in [-0.2, 0) is 4.79 Å². The van der Waals surface area contributed by atoms with Gasteiger partial charge in [0.2, 0.25) is 5.91 Å². The zero-order valence-corrected chi connectivity index (χ0v) is 16.6. The smallest absolute Gasteiger partial charge is 0.248 e. The third kappa shape index (κ3) is 7.35. The minimum atomic E-state index is -0.215. The number of unbranched alkanes of at least 4 members (excludes halogenated alkanes) is 3. The highest BCUT2D eigenvalue weighted by Gasteiger charge is 2.05. The van der Waals surface area contributed by atoms with Gasteiger partial charge >= 0.3 is 0 Å². The Morgan fingerprint density at radius 1 is 1.07 bits per heavy atom. The zero-order chi connectivity index (χ0) is 19.5. The van der Waals surface area contributed by atoms with Crippen LogP contribution in [0.4, 0.5) is 5.69 Å². The van der Waals surface area contributed by atoms with E-state index in [0.717, 1.165) is 17.7 Å². The van der Waals surface area contributed by atoms with Crippen molar-refractivity contribution in [3.05, 3.63) is 59.1 Å². The van der Waals surface area contributed by atoms with Crippen LogP contribution in [0.25, 0.3) is 6.08 Å². The van der Waals surface area contributed by atoms with Gasteiger partial charge in [-0.25, -0.2) is 0 Å². The Balaban J connectivity index is 1.92. The van der Waals surface area contributed by atoms with Crippen molar-refractivity contribution in [1.29, 1.82) is 0 Å². The summed E-state index contributed by atoms with van der Waals surface area (Å²) in [5.74, 6) is 1.16. The van der Waals surface area contributed by atoms with Crippen LogP contribution >= 0.6 is 11.6 Å². The minimum absolute atomic E-state index is 0.215. The Hall–Kier alpha value is -2.46. The molecule has 0 fully saturated rings. The van der Waals surface area contributed by atoms with E-state index >= 15 is 0 Å². The molecule has 2 aromatic rings. The molecule has 0 spiro atoms. The molecule has 144 valence electrons. The van der Waals surface area contributed by atoms with Crippen molar-refractivity contribution in [2.45, 2.75) is 32.6 Å². The number of anilines is 1. The molecule has 0 saturated heterocycles. The first-order chi connectivity index (χ1) is 13.1. The number of rotatable bonds is 10. The highest BCUT2D eigenvalue weighted by Crippen LogP contribution is 2.28. The monoisotopic (exact) mass is 387 g/mol. The van der Waals surface area contributed by atoms with Crippen LogP contribution in [0, 0.1) is 0 Å². The number of benzene rings is 2. The average Bonchev–Trinajstić information content (AvgIpc) is 2.68. The SMILES string of the molecule is CCCCCCOc1ccc(C=CC(=O)Nc2ccc(Cl)cc2)cc1OC. The van der Waals surface area contributed by atoms with Crippen LogP contribution in [0.15, 0.2) is 48.5 Å². The minimum Gasteiger partial charge on any atom is -0.493 e. The molecule has 0 bridgehead atoms. The van der Waals surface area contributed by atoms with Gasteiger partial charge in [-0.2, -0.15) is 0 Å². The van der Waals surface area contributed by atoms with Crippen LogP contribution in [0.3, 0.4) is 0 Å². The Kier molecular flexibility index (Phi) is 8.72. The molecule has 2 aromatic carbocycles. The van der Waals surface area contributed by atoms with Crippen molar-refractivity contribution < 1.29 is 14.3 Å². The lowest BCUT2D eigenvalue weighted by molar-refractivity contribution is -0.111. The maximum absolute atomic E-state index is 12.0. The predicted octanol–water partition coefficient (Wildman–Crippen LogP) is 5.96. The Morgan fingerprint density at radius 2 is 1.85 bits per heavy atom. The molecule has 0 atom stereocenters. The number of methoxy groups -OCH3 is 1. The van der Waals surface area contributed by atoms with E-state index in [9.17, 15) is 4.79 Å². The molecule has 27 heavy (non-hydrogen) atoms. The summed E-state index contributed by atoms with van der Waals surface area (Å²) in [6.45, 7) is 2.86. The molecular formula is C22H26ClNO3. The molecule has 0 unspecified atom stereocenters. The predicted molar refractivity (Wildman–Crippen MR) is 112 cm³/mol. The first kappa shape index (κ1) is 20.8. The third-order valence-corrected chi connectivity index (χ3v) is 4.23. The van der Waals surface area contributed by atoms with Crippen molar-refractivity contribution in [2.75, 3.05) is 19.0 Å². The summed E-state index contributed by atoms with van der Waals surface area (Å²) in [6, 6.07) is 12.6. The lowest BCUT2D eigenvalue weighted by Crippen LogP contribution is -2.07. The van der Waals surface area contributed by atoms with Gasteiger partial charge in [0.25, 0.3) is 0 Å². The second-order valence-corrected chi connectivity index (χ2v) is 6.59. The number of hydrogen-bond donors (Lipinski definition) is 1. The zero-order valence-electron chi connectivity index (χ0n) is 15.8. The largest absolute Gasteiger partial charge is 0.493 e. The topological polar surface area (TPSA) is 47.6 Å². The summed E-state index contributed by atoms with van der Waals surface area (Å²) >= 11 is 5.84. The molecular weight excluding hydrogens is 362 g/mol. The quantitative estimate of drug-likeness (QED) is 0.404. The van der Waals surface area contributed by atoms with Gasteiger partial charge in [0, 0.05) is 16.8 Å². The molecule has 0 aromatic heterocycles. The number of halogens is 1. The van der Waals surface area contributed by atoms with Gasteiger partial charge < -0.3 is 14.8 Å². The second-order valence-electron chi connectivity index (χ2n) is 6.15. The molecule has 1 N–H and O–H groups in total. The average molecular weight is 388 g/mol. The Morgan fingerprint density at radius 3 is 2.56 bits per heavy atom. The first-order valence-corrected chi connectivity index (χ1v) is 9.55. The van der Waals surface area contributed by atoms with Crippen LogP contribution in [0.2, 0.25) is 5.02 Å². The summed E-state index contributed by atoms with van der Waals surface area (Å²) in [6.07, 6.45) is 7.84. The highest BCUT2D eigenvalue weighted by molar-refractivity contribution is 6.30. The maximum atomic E-state index is 12.0. The second kappa shape index (κ2) is 11.3. The highest BCUT2D eigenvalue weighted by atomic mass is 35.5. The number of ether oxygens (including phenoxy) is 2. The molecule has 0 aliphatic carbocycles. The summed E-state index contributed by atoms with van der Waals surface area (Å²) in [5.41, 5.74) is 1.55. The molecule has 0 radical (unpaired) electrons. The van der Waals surface area contributed by atoms with E-state index in [4.69, 9.17) is 21.1 Å². The number of amides is 1. The number of carbonyl (C=O) groups excluding carboxylic acids is 1. The Bertz CT molecular complexity index is 757. The third-order valence-electron chi connectivity index (χ3n) is 3.98. The van der Waals surface area contributed by atoms with Crippen LogP contribution in [0.1, 0.15) is 38.2 Å². The van der Waals surface area contributed by atoms with Crippen molar-refractivity contribution in [2.24, 2.45) is 0 Å². The van der Waals surface area contributed by atoms with E-state index < -0.39 is 0 Å². The van der Waals surface area contributed by atoms with Crippen molar-refractivity contribution in [3.8, 4) is 11.5 Å². The van der Waals surface area contributed by atoms with Gasteiger partial charge in [0.05, 0.1) is 13.7 Å². The fourth-order valence-electron chi connectivity index (χ4n) is 2.51. The van der Waals surface area contributed by atoms with Crippen LogP contribution < -0.4 is 14.8 Å². The van der Waals surface area contributed by atoms with Crippen LogP contribution in [-0.4, -0.2) is 19.6 Å². The molecule has 0 heterocycles. The van der Waals surface area contributed by atoms with E-state index in [-0.39, 0.29) is 5.91 Å². The van der Waals surface area contributed by atoms with Gasteiger partial charge in [-0.3, -0.25) is 4.79 Å². The normalized spacial score (nSPS) is 10.8. The van der Waals surface area contributed by atoms with E-state index in [1.165, 1.54) is 25.3 Å². The van der Waals surface area contributed by atoms with Gasteiger partial charge in [0.15, 0.2) is 11.5 Å². The fourth-order valence-corrected chi connectivity index (χ4v) is 2.63. The summed E-state index contributed by atoms with van der Waals surface area (Å²) in [7, 11) is 1.61. The lowest BCUT2D eigenvalue weighted by Gasteiger charge is -2.11. The standard InChI is InChI=1S/C22H26ClNO3/c1-3-4-5-6-15-27-20-13-7-17(16-21(20)26-2)8-14-22(25)24-19-11-9-18(23)10-12-19/h7-14,16H,3-6,15H2,1-2H3,(H,24,25). The van der Waals surface area contributed by atoms with E-state index in [2.05, 4.69) is 12.2 Å². The number of carbonyl (C=O) groups is 1. The molecule has 1 amide bonds. The number of hydrogen-bond acceptors (Lipinski definition) is 3. The van der Waals surface area contributed by atoms with E-state index in [1.54, 1.807) is 37.5 Å². The first-order valence-electron chi connectivity index (χ1n) is 9.18. The van der Waals surface area contributed by atoms with Gasteiger partial charge in [-0.05, 0) is 54.5 Å². The van der Waals surface area contributed by atoms with Gasteiger partial charge in [-0.1, -0.05) is 43.9 Å². The van der Waals surface area contributed by atoms with Crippen molar-refractivity contribution in [1.82, 2.24) is 0 Å². The van der Waals surface area contributed by atoms with Crippen molar-refractivity contribution >= 4 is 29.3 Å². The molecule has 0 saturated carbocycles. The fraction of sp³-hybridized carbons (Fsp3) is 0.318. The maximum Gasteiger partial charge on any atom is 0.248 e.